The lowest BCUT2D eigenvalue weighted by Gasteiger charge is -1.91. The molecule has 0 amide bonds. The van der Waals surface area contributed by atoms with Gasteiger partial charge in [0.2, 0.25) is 0 Å². The van der Waals surface area contributed by atoms with Gasteiger partial charge in [-0.3, -0.25) is 5.10 Å². The molecule has 0 fully saturated rings. The minimum atomic E-state index is -0.969. The second-order valence-corrected chi connectivity index (χ2v) is 3.63. The topological polar surface area (TPSA) is 78.9 Å². The molecule has 0 saturated heterocycles. The lowest BCUT2D eigenvalue weighted by atomic mass is 10.2. The highest BCUT2D eigenvalue weighted by molar-refractivity contribution is 7.12. The van der Waals surface area contributed by atoms with Crippen molar-refractivity contribution in [3.63, 3.8) is 0 Å². The number of H-pyrrole nitrogens is 1. The van der Waals surface area contributed by atoms with Gasteiger partial charge in [0.05, 0.1) is 5.51 Å². The molecule has 5 nitrogen and oxygen atoms in total. The Hall–Kier alpha value is -1.69. The minimum absolute atomic E-state index is 0.219. The van der Waals surface area contributed by atoms with Crippen LogP contribution >= 0.6 is 11.3 Å². The molecular formula is C8H7N3O2S. The summed E-state index contributed by atoms with van der Waals surface area (Å²) in [6.07, 6.45) is 0. The molecule has 2 aromatic heterocycles. The van der Waals surface area contributed by atoms with Crippen LogP contribution in [0.15, 0.2) is 11.6 Å². The van der Waals surface area contributed by atoms with E-state index in [1.165, 1.54) is 5.51 Å². The molecule has 2 rings (SSSR count). The predicted molar refractivity (Wildman–Crippen MR) is 51.4 cm³/mol. The summed E-state index contributed by atoms with van der Waals surface area (Å²) in [5.74, 6) is -0.969. The van der Waals surface area contributed by atoms with Gasteiger partial charge in [-0.05, 0) is 13.0 Å². The van der Waals surface area contributed by atoms with E-state index in [-0.39, 0.29) is 4.88 Å². The van der Waals surface area contributed by atoms with Crippen molar-refractivity contribution in [2.45, 2.75) is 6.92 Å². The lowest BCUT2D eigenvalue weighted by Crippen LogP contribution is -1.95. The summed E-state index contributed by atoms with van der Waals surface area (Å²) in [4.78, 5) is 15.0. The quantitative estimate of drug-likeness (QED) is 0.786. The van der Waals surface area contributed by atoms with Crippen LogP contribution in [-0.4, -0.2) is 26.3 Å². The van der Waals surface area contributed by atoms with Crippen molar-refractivity contribution in [1.82, 2.24) is 15.2 Å². The SMILES string of the molecule is Cc1cc(-c2ncsc2C(=O)O)n[nH]1. The number of hydrogen-bond donors (Lipinski definition) is 2. The molecule has 2 aromatic rings. The molecule has 0 spiro atoms. The fourth-order valence-corrected chi connectivity index (χ4v) is 1.75. The van der Waals surface area contributed by atoms with Crippen molar-refractivity contribution in [2.75, 3.05) is 0 Å². The van der Waals surface area contributed by atoms with Gasteiger partial charge in [-0.25, -0.2) is 9.78 Å². The highest BCUT2D eigenvalue weighted by Gasteiger charge is 2.16. The number of carbonyl (C=O) groups is 1. The number of nitrogens with one attached hydrogen (secondary N) is 1. The van der Waals surface area contributed by atoms with E-state index in [4.69, 9.17) is 5.11 Å². The van der Waals surface area contributed by atoms with E-state index >= 15 is 0 Å². The molecule has 72 valence electrons. The van der Waals surface area contributed by atoms with Gasteiger partial charge in [-0.2, -0.15) is 5.10 Å². The average molecular weight is 209 g/mol. The number of carboxylic acid groups (broad SMARTS) is 1. The summed E-state index contributed by atoms with van der Waals surface area (Å²) in [7, 11) is 0. The first kappa shape index (κ1) is 8.89. The lowest BCUT2D eigenvalue weighted by molar-refractivity contribution is 0.0702. The number of nitrogens with zero attached hydrogens (tertiary/aromatic N) is 2. The Kier molecular flexibility index (Phi) is 2.05. The Morgan fingerprint density at radius 2 is 2.43 bits per heavy atom. The number of aryl methyl sites for hydroxylation is 1. The fraction of sp³-hybridized carbons (Fsp3) is 0.125. The number of rotatable bonds is 2. The standard InChI is InChI=1S/C8H7N3O2S/c1-4-2-5(11-10-4)6-7(8(12)13)14-3-9-6/h2-3H,1H3,(H,10,11)(H,12,13). The van der Waals surface area contributed by atoms with Crippen molar-refractivity contribution in [3.05, 3.63) is 22.1 Å². The third-order valence-electron chi connectivity index (χ3n) is 1.71. The van der Waals surface area contributed by atoms with Crippen molar-refractivity contribution in [3.8, 4) is 11.4 Å². The van der Waals surface area contributed by atoms with E-state index in [9.17, 15) is 4.79 Å². The highest BCUT2D eigenvalue weighted by Crippen LogP contribution is 2.23. The van der Waals surface area contributed by atoms with Crippen LogP contribution in [0.25, 0.3) is 11.4 Å². The van der Waals surface area contributed by atoms with Gasteiger partial charge in [-0.15, -0.1) is 11.3 Å². The van der Waals surface area contributed by atoms with Gasteiger partial charge in [0.25, 0.3) is 0 Å². The molecule has 0 unspecified atom stereocenters. The molecule has 2 N–H and O–H groups in total. The molecule has 0 aliphatic rings. The van der Waals surface area contributed by atoms with Crippen LogP contribution in [0.2, 0.25) is 0 Å². The van der Waals surface area contributed by atoms with E-state index in [0.29, 0.717) is 11.4 Å². The van der Waals surface area contributed by atoms with Crippen LogP contribution in [0.4, 0.5) is 0 Å². The normalized spacial score (nSPS) is 10.4. The minimum Gasteiger partial charge on any atom is -0.477 e. The number of hydrogen-bond acceptors (Lipinski definition) is 4. The molecule has 0 radical (unpaired) electrons. The number of thiazole rings is 1. The smallest absolute Gasteiger partial charge is 0.348 e. The highest BCUT2D eigenvalue weighted by atomic mass is 32.1. The first-order valence-corrected chi connectivity index (χ1v) is 4.75. The largest absolute Gasteiger partial charge is 0.477 e. The van der Waals surface area contributed by atoms with E-state index in [0.717, 1.165) is 17.0 Å². The zero-order valence-corrected chi connectivity index (χ0v) is 8.13. The predicted octanol–water partition coefficient (Wildman–Crippen LogP) is 1.54. The molecule has 14 heavy (non-hydrogen) atoms. The van der Waals surface area contributed by atoms with Crippen LogP contribution in [0, 0.1) is 6.92 Å². The van der Waals surface area contributed by atoms with Gasteiger partial charge in [-0.1, -0.05) is 0 Å². The number of aromatic nitrogens is 3. The zero-order chi connectivity index (χ0) is 10.1. The average Bonchev–Trinajstić information content (AvgIpc) is 2.70. The number of carboxylic acids is 1. The molecule has 0 aromatic carbocycles. The molecule has 6 heteroatoms. The Morgan fingerprint density at radius 3 is 3.00 bits per heavy atom. The maximum atomic E-state index is 10.8. The van der Waals surface area contributed by atoms with E-state index < -0.39 is 5.97 Å². The van der Waals surface area contributed by atoms with Crippen LogP contribution in [0.3, 0.4) is 0 Å². The second kappa shape index (κ2) is 3.22. The monoisotopic (exact) mass is 209 g/mol. The van der Waals surface area contributed by atoms with Gasteiger partial charge < -0.3 is 5.11 Å². The molecular weight excluding hydrogens is 202 g/mol. The van der Waals surface area contributed by atoms with Crippen LogP contribution in [0.1, 0.15) is 15.4 Å². The summed E-state index contributed by atoms with van der Waals surface area (Å²) in [6, 6.07) is 1.77. The third kappa shape index (κ3) is 1.39. The summed E-state index contributed by atoms with van der Waals surface area (Å²) in [6.45, 7) is 1.85. The molecule has 0 bridgehead atoms. The summed E-state index contributed by atoms with van der Waals surface area (Å²) in [5.41, 5.74) is 3.38. The van der Waals surface area contributed by atoms with Crippen LogP contribution in [0.5, 0.6) is 0 Å². The van der Waals surface area contributed by atoms with Gasteiger partial charge in [0.15, 0.2) is 0 Å². The summed E-state index contributed by atoms with van der Waals surface area (Å²) >= 11 is 1.10. The number of aromatic carboxylic acids is 1. The van der Waals surface area contributed by atoms with Gasteiger partial charge in [0, 0.05) is 5.69 Å². The van der Waals surface area contributed by atoms with Gasteiger partial charge >= 0.3 is 5.97 Å². The van der Waals surface area contributed by atoms with E-state index in [2.05, 4.69) is 15.2 Å². The molecule has 0 aliphatic heterocycles. The van der Waals surface area contributed by atoms with E-state index in [1.807, 2.05) is 6.92 Å². The van der Waals surface area contributed by atoms with Crippen molar-refractivity contribution >= 4 is 17.3 Å². The number of aromatic amines is 1. The van der Waals surface area contributed by atoms with Crippen LogP contribution in [-0.2, 0) is 0 Å². The zero-order valence-electron chi connectivity index (χ0n) is 7.31. The van der Waals surface area contributed by atoms with Crippen LogP contribution < -0.4 is 0 Å². The fourth-order valence-electron chi connectivity index (χ4n) is 1.12. The first-order chi connectivity index (χ1) is 6.68. The van der Waals surface area contributed by atoms with Crippen molar-refractivity contribution in [1.29, 1.82) is 0 Å². The Labute approximate surface area is 83.4 Å². The second-order valence-electron chi connectivity index (χ2n) is 2.77. The maximum Gasteiger partial charge on any atom is 0.348 e. The molecule has 0 saturated carbocycles. The Morgan fingerprint density at radius 1 is 1.64 bits per heavy atom. The molecule has 0 aliphatic carbocycles. The van der Waals surface area contributed by atoms with E-state index in [1.54, 1.807) is 6.07 Å². The van der Waals surface area contributed by atoms with Gasteiger partial charge in [0.1, 0.15) is 16.3 Å². The first-order valence-electron chi connectivity index (χ1n) is 3.87. The Balaban J connectivity index is 2.51. The third-order valence-corrected chi connectivity index (χ3v) is 2.52. The van der Waals surface area contributed by atoms with Crippen molar-refractivity contribution in [2.24, 2.45) is 0 Å². The summed E-state index contributed by atoms with van der Waals surface area (Å²) < 4.78 is 0. The molecule has 2 heterocycles. The summed E-state index contributed by atoms with van der Waals surface area (Å²) in [5, 5.41) is 15.6. The maximum absolute atomic E-state index is 10.8. The molecule has 0 atom stereocenters. The Bertz CT molecular complexity index is 474. The van der Waals surface area contributed by atoms with Crippen molar-refractivity contribution < 1.29 is 9.90 Å².